The lowest BCUT2D eigenvalue weighted by atomic mass is 9.84. The molecule has 0 saturated carbocycles. The highest BCUT2D eigenvalue weighted by atomic mass is 14.7. The molecule has 0 aliphatic heterocycles. The first-order valence-corrected chi connectivity index (χ1v) is 21.1. The third kappa shape index (κ3) is 7.04. The molecule has 2 heteroatoms. The van der Waals surface area contributed by atoms with Gasteiger partial charge >= 0.3 is 0 Å². The first-order valence-electron chi connectivity index (χ1n) is 21.1. The van der Waals surface area contributed by atoms with E-state index in [1.165, 1.54) is 32.7 Å². The summed E-state index contributed by atoms with van der Waals surface area (Å²) in [7, 11) is 0. The van der Waals surface area contributed by atoms with Crippen molar-refractivity contribution in [2.45, 2.75) is 0 Å². The molecule has 0 unspecified atom stereocenters. The molecular formula is C60H40N2. The zero-order chi connectivity index (χ0) is 41.2. The van der Waals surface area contributed by atoms with Crippen molar-refractivity contribution < 1.29 is 0 Å². The fourth-order valence-corrected chi connectivity index (χ4v) is 8.87. The standard InChI is InChI=1S/C60H40N2/c1-5-19-41(20-6-1)49-37-55(43-23-9-3-10-24-43)61-57(39-49)45-27-17-29-47(35-45)59-53-33-15-13-31-51(53)52-32-14-16-34-54(52)60(59)48-30-18-28-46(36-48)58-40-50(42-21-7-2-8-22-42)38-56(62-58)44-25-11-4-12-26-44/h1-40H. The van der Waals surface area contributed by atoms with Gasteiger partial charge in [-0.1, -0.05) is 206 Å². The molecule has 62 heavy (non-hydrogen) atoms. The summed E-state index contributed by atoms with van der Waals surface area (Å²) in [5.41, 5.74) is 17.3. The third-order valence-corrected chi connectivity index (χ3v) is 11.8. The number of nitrogens with zero attached hydrogens (tertiary/aromatic N) is 2. The van der Waals surface area contributed by atoms with Gasteiger partial charge in [0.2, 0.25) is 0 Å². The predicted octanol–water partition coefficient (Wildman–Crippen LogP) is 16.1. The maximum Gasteiger partial charge on any atom is 0.0715 e. The Morgan fingerprint density at radius 3 is 0.823 bits per heavy atom. The smallest absolute Gasteiger partial charge is 0.0715 e. The minimum Gasteiger partial charge on any atom is -0.248 e. The lowest BCUT2D eigenvalue weighted by Crippen LogP contribution is -1.95. The average Bonchev–Trinajstić information content (AvgIpc) is 3.37. The molecule has 0 fully saturated rings. The number of pyridine rings is 2. The quantitative estimate of drug-likeness (QED) is 0.143. The SMILES string of the molecule is c1ccc(-c2cc(-c3ccccc3)nc(-c3cccc(-c4c(-c5cccc(-c6cc(-c7ccccc7)cc(-c7ccccc7)n6)c5)c5ccccc5c5ccccc45)c3)c2)cc1. The van der Waals surface area contributed by atoms with Crippen LogP contribution in [0.3, 0.4) is 0 Å². The molecule has 0 saturated heterocycles. The van der Waals surface area contributed by atoms with Crippen LogP contribution in [0, 0.1) is 0 Å². The van der Waals surface area contributed by atoms with Crippen LogP contribution in [0.25, 0.3) is 111 Å². The van der Waals surface area contributed by atoms with Gasteiger partial charge in [-0.25, -0.2) is 9.97 Å². The van der Waals surface area contributed by atoms with Crippen LogP contribution in [0.2, 0.25) is 0 Å². The lowest BCUT2D eigenvalue weighted by Gasteiger charge is -2.20. The van der Waals surface area contributed by atoms with Crippen molar-refractivity contribution in [3.05, 3.63) is 243 Å². The molecule has 0 atom stereocenters. The van der Waals surface area contributed by atoms with Gasteiger partial charge < -0.3 is 0 Å². The van der Waals surface area contributed by atoms with Crippen LogP contribution >= 0.6 is 0 Å². The molecule has 0 aliphatic carbocycles. The number of fused-ring (bicyclic) bond motifs is 3. The number of hydrogen-bond donors (Lipinski definition) is 0. The van der Waals surface area contributed by atoms with Gasteiger partial charge in [0.1, 0.15) is 0 Å². The Morgan fingerprint density at radius 1 is 0.177 bits per heavy atom. The minimum absolute atomic E-state index is 0.930. The first-order chi connectivity index (χ1) is 30.7. The minimum atomic E-state index is 0.930. The van der Waals surface area contributed by atoms with E-state index in [9.17, 15) is 0 Å². The van der Waals surface area contributed by atoms with Crippen LogP contribution < -0.4 is 0 Å². The summed E-state index contributed by atoms with van der Waals surface area (Å²) >= 11 is 0. The molecule has 2 heterocycles. The van der Waals surface area contributed by atoms with Crippen LogP contribution in [0.15, 0.2) is 243 Å². The Kier molecular flexibility index (Phi) is 9.57. The molecule has 290 valence electrons. The van der Waals surface area contributed by atoms with E-state index in [1.807, 2.05) is 0 Å². The molecular weight excluding hydrogens is 749 g/mol. The number of hydrogen-bond acceptors (Lipinski definition) is 2. The Labute approximate surface area is 362 Å². The van der Waals surface area contributed by atoms with E-state index >= 15 is 0 Å². The highest BCUT2D eigenvalue weighted by molar-refractivity contribution is 6.21. The highest BCUT2D eigenvalue weighted by Gasteiger charge is 2.20. The van der Waals surface area contributed by atoms with Crippen LogP contribution in [-0.4, -0.2) is 9.97 Å². The van der Waals surface area contributed by atoms with E-state index in [1.54, 1.807) is 0 Å². The van der Waals surface area contributed by atoms with Gasteiger partial charge in [0.25, 0.3) is 0 Å². The van der Waals surface area contributed by atoms with E-state index < -0.39 is 0 Å². The van der Waals surface area contributed by atoms with Gasteiger partial charge in [0.05, 0.1) is 22.8 Å². The predicted molar refractivity (Wildman–Crippen MR) is 261 cm³/mol. The first kappa shape index (κ1) is 36.8. The summed E-state index contributed by atoms with van der Waals surface area (Å²) in [5.74, 6) is 0. The van der Waals surface area contributed by atoms with Gasteiger partial charge in [-0.05, 0) is 102 Å². The van der Waals surface area contributed by atoms with Crippen molar-refractivity contribution in [2.75, 3.05) is 0 Å². The highest BCUT2D eigenvalue weighted by Crippen LogP contribution is 2.46. The summed E-state index contributed by atoms with van der Waals surface area (Å²) in [6.45, 7) is 0. The van der Waals surface area contributed by atoms with Crippen LogP contribution in [0.1, 0.15) is 0 Å². The second-order valence-electron chi connectivity index (χ2n) is 15.7. The van der Waals surface area contributed by atoms with Gasteiger partial charge in [-0.3, -0.25) is 0 Å². The zero-order valence-electron chi connectivity index (χ0n) is 34.0. The van der Waals surface area contributed by atoms with E-state index in [0.717, 1.165) is 78.4 Å². The summed E-state index contributed by atoms with van der Waals surface area (Å²) in [5, 5.41) is 4.86. The second-order valence-corrected chi connectivity index (χ2v) is 15.7. The Balaban J connectivity index is 1.12. The number of benzene rings is 9. The van der Waals surface area contributed by atoms with Gasteiger partial charge in [0.15, 0.2) is 0 Å². The molecule has 0 N–H and O–H groups in total. The van der Waals surface area contributed by atoms with Gasteiger partial charge in [-0.15, -0.1) is 0 Å². The molecule has 2 nitrogen and oxygen atoms in total. The molecule has 11 rings (SSSR count). The van der Waals surface area contributed by atoms with E-state index in [2.05, 4.69) is 243 Å². The molecule has 0 spiro atoms. The van der Waals surface area contributed by atoms with Crippen LogP contribution in [-0.2, 0) is 0 Å². The summed E-state index contributed by atoms with van der Waals surface area (Å²) < 4.78 is 0. The Hall–Kier alpha value is -8.20. The summed E-state index contributed by atoms with van der Waals surface area (Å²) in [6, 6.07) is 86.5. The average molecular weight is 789 g/mol. The van der Waals surface area contributed by atoms with E-state index in [4.69, 9.17) is 9.97 Å². The summed E-state index contributed by atoms with van der Waals surface area (Å²) in [6.07, 6.45) is 0. The molecule has 0 amide bonds. The van der Waals surface area contributed by atoms with E-state index in [-0.39, 0.29) is 0 Å². The monoisotopic (exact) mass is 788 g/mol. The second kappa shape index (κ2) is 16.1. The number of aromatic nitrogens is 2. The number of rotatable bonds is 8. The van der Waals surface area contributed by atoms with Gasteiger partial charge in [-0.2, -0.15) is 0 Å². The fourth-order valence-electron chi connectivity index (χ4n) is 8.87. The van der Waals surface area contributed by atoms with Gasteiger partial charge in [0, 0.05) is 22.3 Å². The Morgan fingerprint density at radius 2 is 0.452 bits per heavy atom. The van der Waals surface area contributed by atoms with Crippen molar-refractivity contribution in [3.63, 3.8) is 0 Å². The molecule has 0 aliphatic rings. The molecule has 0 bridgehead atoms. The van der Waals surface area contributed by atoms with Crippen molar-refractivity contribution in [2.24, 2.45) is 0 Å². The molecule has 9 aromatic carbocycles. The third-order valence-electron chi connectivity index (χ3n) is 11.8. The topological polar surface area (TPSA) is 25.8 Å². The molecule has 11 aromatic rings. The van der Waals surface area contributed by atoms with E-state index in [0.29, 0.717) is 0 Å². The van der Waals surface area contributed by atoms with Crippen molar-refractivity contribution in [3.8, 4) is 89.5 Å². The van der Waals surface area contributed by atoms with Crippen LogP contribution in [0.4, 0.5) is 0 Å². The fraction of sp³-hybridized carbons (Fsp3) is 0. The summed E-state index contributed by atoms with van der Waals surface area (Å²) in [4.78, 5) is 10.6. The van der Waals surface area contributed by atoms with Crippen LogP contribution in [0.5, 0.6) is 0 Å². The Bertz CT molecular complexity index is 3030. The van der Waals surface area contributed by atoms with Crippen molar-refractivity contribution >= 4 is 21.5 Å². The normalized spacial score (nSPS) is 11.2. The van der Waals surface area contributed by atoms with Crippen molar-refractivity contribution in [1.29, 1.82) is 0 Å². The largest absolute Gasteiger partial charge is 0.248 e. The maximum absolute atomic E-state index is 5.32. The lowest BCUT2D eigenvalue weighted by molar-refractivity contribution is 1.32. The zero-order valence-corrected chi connectivity index (χ0v) is 34.0. The molecule has 0 radical (unpaired) electrons. The molecule has 2 aromatic heterocycles. The van der Waals surface area contributed by atoms with Crippen molar-refractivity contribution in [1.82, 2.24) is 9.97 Å². The maximum atomic E-state index is 5.32.